The molecular weight excluding hydrogens is 295 g/mol. The number of hydrogen-bond acceptors (Lipinski definition) is 3. The summed E-state index contributed by atoms with van der Waals surface area (Å²) in [6.07, 6.45) is 0. The van der Waals surface area contributed by atoms with E-state index in [0.717, 1.165) is 0 Å². The first-order valence-electron chi connectivity index (χ1n) is 6.16. The van der Waals surface area contributed by atoms with Crippen molar-refractivity contribution in [2.24, 2.45) is 0 Å². The first-order chi connectivity index (χ1) is 9.99. The fourth-order valence-corrected chi connectivity index (χ4v) is 1.99. The number of benzene rings is 2. The average Bonchev–Trinajstić information content (AvgIpc) is 2.46. The third-order valence-electron chi connectivity index (χ3n) is 2.93. The topological polar surface area (TPSA) is 69.6 Å². The molecule has 0 aliphatic rings. The average molecular weight is 308 g/mol. The van der Waals surface area contributed by atoms with Crippen LogP contribution in [0.3, 0.4) is 0 Å². The van der Waals surface area contributed by atoms with Gasteiger partial charge in [0.15, 0.2) is 0 Å². The molecule has 0 bridgehead atoms. The van der Waals surface area contributed by atoms with Crippen molar-refractivity contribution in [2.75, 3.05) is 0 Å². The molecule has 0 radical (unpaired) electrons. The molecule has 108 valence electrons. The van der Waals surface area contributed by atoms with Crippen molar-refractivity contribution in [1.82, 2.24) is 5.32 Å². The third-order valence-corrected chi connectivity index (χ3v) is 3.26. The van der Waals surface area contributed by atoms with Gasteiger partial charge in [0, 0.05) is 12.1 Å². The van der Waals surface area contributed by atoms with E-state index in [1.54, 1.807) is 18.2 Å². The highest BCUT2D eigenvalue weighted by Gasteiger charge is 2.17. The van der Waals surface area contributed by atoms with Crippen LogP contribution in [0.25, 0.3) is 0 Å². The molecule has 0 saturated carbocycles. The van der Waals surface area contributed by atoms with Gasteiger partial charge in [0.1, 0.15) is 5.82 Å². The Morgan fingerprint density at radius 2 is 1.95 bits per heavy atom. The van der Waals surface area contributed by atoms with E-state index >= 15 is 0 Å². The van der Waals surface area contributed by atoms with E-state index in [1.165, 1.54) is 24.3 Å². The molecule has 0 spiro atoms. The van der Waals surface area contributed by atoms with Crippen LogP contribution in [0.4, 0.5) is 4.39 Å². The van der Waals surface area contributed by atoms with Gasteiger partial charge in [-0.05, 0) is 23.7 Å². The van der Waals surface area contributed by atoms with Crippen LogP contribution in [0.5, 0.6) is 0 Å². The van der Waals surface area contributed by atoms with Crippen molar-refractivity contribution in [3.63, 3.8) is 0 Å². The fraction of sp³-hybridized carbons (Fsp3) is 0.0714. The molecule has 2 rings (SSSR count). The summed E-state index contributed by atoms with van der Waals surface area (Å²) in [6.45, 7) is 0.00768. The summed E-state index contributed by atoms with van der Waals surface area (Å²) in [7, 11) is -1.69. The van der Waals surface area contributed by atoms with Gasteiger partial charge >= 0.3 is 7.12 Å². The molecule has 0 aliphatic heterocycles. The number of carbonyl (C=O) groups is 1. The molecule has 1 amide bonds. The second kappa shape index (κ2) is 6.71. The van der Waals surface area contributed by atoms with E-state index in [1.807, 2.05) is 0 Å². The first-order valence-corrected chi connectivity index (χ1v) is 6.54. The normalized spacial score (nSPS) is 10.3. The van der Waals surface area contributed by atoms with E-state index in [2.05, 4.69) is 5.32 Å². The van der Waals surface area contributed by atoms with Crippen LogP contribution < -0.4 is 10.8 Å². The number of hydrogen-bond donors (Lipinski definition) is 3. The number of rotatable bonds is 4. The van der Waals surface area contributed by atoms with E-state index in [0.29, 0.717) is 5.56 Å². The lowest BCUT2D eigenvalue weighted by Crippen LogP contribution is -2.32. The zero-order valence-corrected chi connectivity index (χ0v) is 11.6. The Kier molecular flexibility index (Phi) is 4.96. The maximum absolute atomic E-state index is 13.4. The molecule has 0 unspecified atom stereocenters. The Labute approximate surface area is 126 Å². The van der Waals surface area contributed by atoms with E-state index < -0.39 is 18.8 Å². The number of halogens is 2. The van der Waals surface area contributed by atoms with Crippen molar-refractivity contribution >= 4 is 30.1 Å². The number of nitrogens with one attached hydrogen (secondary N) is 1. The highest BCUT2D eigenvalue weighted by Crippen LogP contribution is 2.14. The second-order valence-corrected chi connectivity index (χ2v) is 4.79. The minimum Gasteiger partial charge on any atom is -0.423 e. The Hall–Kier alpha value is -1.89. The van der Waals surface area contributed by atoms with E-state index in [-0.39, 0.29) is 22.6 Å². The van der Waals surface area contributed by atoms with Crippen LogP contribution in [0.15, 0.2) is 42.5 Å². The molecule has 0 atom stereocenters. The molecular formula is C14H12BClFNO3. The van der Waals surface area contributed by atoms with Crippen LogP contribution in [-0.4, -0.2) is 23.1 Å². The Balaban J connectivity index is 2.14. The van der Waals surface area contributed by atoms with Crippen molar-refractivity contribution in [2.45, 2.75) is 6.54 Å². The lowest BCUT2D eigenvalue weighted by atomic mass is 9.79. The zero-order chi connectivity index (χ0) is 15.4. The molecule has 7 heteroatoms. The Morgan fingerprint density at radius 3 is 2.62 bits per heavy atom. The summed E-state index contributed by atoms with van der Waals surface area (Å²) >= 11 is 5.91. The monoisotopic (exact) mass is 307 g/mol. The lowest BCUT2D eigenvalue weighted by molar-refractivity contribution is 0.0951. The van der Waals surface area contributed by atoms with Gasteiger partial charge in [-0.2, -0.15) is 0 Å². The Morgan fingerprint density at radius 1 is 1.24 bits per heavy atom. The molecule has 0 fully saturated rings. The summed E-state index contributed by atoms with van der Waals surface area (Å²) < 4.78 is 13.4. The van der Waals surface area contributed by atoms with Gasteiger partial charge in [-0.25, -0.2) is 4.39 Å². The zero-order valence-electron chi connectivity index (χ0n) is 10.9. The van der Waals surface area contributed by atoms with Gasteiger partial charge in [-0.3, -0.25) is 4.79 Å². The largest absolute Gasteiger partial charge is 0.488 e. The van der Waals surface area contributed by atoms with Gasteiger partial charge in [0.25, 0.3) is 5.91 Å². The predicted octanol–water partition coefficient (Wildman–Crippen LogP) is 1.09. The summed E-state index contributed by atoms with van der Waals surface area (Å²) in [5.74, 6) is -0.936. The van der Waals surface area contributed by atoms with Crippen LogP contribution in [0.2, 0.25) is 5.02 Å². The summed E-state index contributed by atoms with van der Waals surface area (Å²) in [5, 5.41) is 20.9. The van der Waals surface area contributed by atoms with Crippen LogP contribution >= 0.6 is 11.6 Å². The molecule has 2 aromatic rings. The van der Waals surface area contributed by atoms with Gasteiger partial charge in [0.2, 0.25) is 0 Å². The van der Waals surface area contributed by atoms with Gasteiger partial charge < -0.3 is 15.4 Å². The molecule has 0 aliphatic carbocycles. The van der Waals surface area contributed by atoms with Crippen molar-refractivity contribution < 1.29 is 19.2 Å². The SMILES string of the molecule is O=C(NCc1ccccc1F)c1cc(B(O)O)ccc1Cl. The van der Waals surface area contributed by atoms with Gasteiger partial charge in [-0.15, -0.1) is 0 Å². The fourth-order valence-electron chi connectivity index (χ4n) is 1.79. The maximum atomic E-state index is 13.4. The van der Waals surface area contributed by atoms with Crippen LogP contribution in [-0.2, 0) is 6.54 Å². The molecule has 3 N–H and O–H groups in total. The smallest absolute Gasteiger partial charge is 0.423 e. The van der Waals surface area contributed by atoms with Crippen molar-refractivity contribution in [3.05, 3.63) is 64.4 Å². The quantitative estimate of drug-likeness (QED) is 0.741. The molecule has 0 saturated heterocycles. The van der Waals surface area contributed by atoms with Crippen molar-refractivity contribution in [3.8, 4) is 0 Å². The third kappa shape index (κ3) is 3.82. The molecule has 0 aromatic heterocycles. The molecule has 2 aromatic carbocycles. The highest BCUT2D eigenvalue weighted by molar-refractivity contribution is 6.58. The number of amides is 1. The minimum absolute atomic E-state index is 0.00768. The lowest BCUT2D eigenvalue weighted by Gasteiger charge is -2.09. The van der Waals surface area contributed by atoms with Crippen LogP contribution in [0, 0.1) is 5.82 Å². The highest BCUT2D eigenvalue weighted by atomic mass is 35.5. The van der Waals surface area contributed by atoms with Crippen molar-refractivity contribution in [1.29, 1.82) is 0 Å². The second-order valence-electron chi connectivity index (χ2n) is 4.39. The summed E-state index contributed by atoms with van der Waals surface area (Å²) in [5.41, 5.74) is 0.592. The number of carbonyl (C=O) groups excluding carboxylic acids is 1. The summed E-state index contributed by atoms with van der Waals surface area (Å²) in [4.78, 5) is 12.0. The predicted molar refractivity (Wildman–Crippen MR) is 78.8 cm³/mol. The maximum Gasteiger partial charge on any atom is 0.488 e. The van der Waals surface area contributed by atoms with Crippen LogP contribution in [0.1, 0.15) is 15.9 Å². The first kappa shape index (κ1) is 15.5. The standard InChI is InChI=1S/C14H12BClFNO3/c16-12-6-5-10(15(20)21)7-11(12)14(19)18-8-9-3-1-2-4-13(9)17/h1-7,20-21H,8H2,(H,18,19). The summed E-state index contributed by atoms with van der Waals surface area (Å²) in [6, 6.07) is 10.2. The Bertz CT molecular complexity index is 666. The molecule has 21 heavy (non-hydrogen) atoms. The molecule has 0 heterocycles. The van der Waals surface area contributed by atoms with E-state index in [4.69, 9.17) is 21.6 Å². The van der Waals surface area contributed by atoms with Gasteiger partial charge in [0.05, 0.1) is 10.6 Å². The molecule has 4 nitrogen and oxygen atoms in total. The minimum atomic E-state index is -1.69. The van der Waals surface area contributed by atoms with E-state index in [9.17, 15) is 9.18 Å². The van der Waals surface area contributed by atoms with Gasteiger partial charge in [-0.1, -0.05) is 35.9 Å².